The van der Waals surface area contributed by atoms with Crippen molar-refractivity contribution in [2.45, 2.75) is 110 Å². The fraction of sp³-hybridized carbons (Fsp3) is 0.313. The number of pyridine rings is 2. The summed E-state index contributed by atoms with van der Waals surface area (Å²) in [6.07, 6.45) is 7.31. The average Bonchev–Trinajstić information content (AvgIpc) is 1.70. The summed E-state index contributed by atoms with van der Waals surface area (Å²) in [7, 11) is -9.56. The number of hydrogen-bond acceptors (Lipinski definition) is 16. The number of carbonyl (C=O) groups is 2. The van der Waals surface area contributed by atoms with Gasteiger partial charge in [0.2, 0.25) is 17.0 Å². The average molecular weight is 1240 g/mol. The normalized spacial score (nSPS) is 18.1. The molecule has 89 heavy (non-hydrogen) atoms. The minimum atomic E-state index is -4.49. The van der Waals surface area contributed by atoms with E-state index in [4.69, 9.17) is 33.2 Å². The first-order valence-corrected chi connectivity index (χ1v) is 32.7. The third-order valence-corrected chi connectivity index (χ3v) is 19.1. The van der Waals surface area contributed by atoms with Crippen molar-refractivity contribution in [2.75, 3.05) is 24.6 Å². The first kappa shape index (κ1) is 60.9. The van der Waals surface area contributed by atoms with Crippen molar-refractivity contribution in [3.8, 4) is 22.9 Å². The van der Waals surface area contributed by atoms with E-state index < -0.39 is 80.0 Å². The van der Waals surface area contributed by atoms with Crippen LogP contribution in [0.25, 0.3) is 34.4 Å². The highest BCUT2D eigenvalue weighted by Gasteiger charge is 2.52. The second-order valence-corrected chi connectivity index (χ2v) is 27.1. The van der Waals surface area contributed by atoms with Crippen molar-refractivity contribution in [1.82, 2.24) is 9.55 Å². The van der Waals surface area contributed by atoms with E-state index in [1.807, 2.05) is 170 Å². The number of nitrogens with zero attached hydrogens (tertiary/aromatic N) is 4. The molecule has 0 bridgehead atoms. The van der Waals surface area contributed by atoms with Crippen LogP contribution in [0, 0.1) is 0 Å². The molecule has 1 fully saturated rings. The molecular formula is C67H65BN4O15S2. The number of fused-ring (bicyclic) bond motifs is 7. The molecule has 19 nitrogen and oxygen atoms in total. The van der Waals surface area contributed by atoms with Crippen LogP contribution in [0.4, 0.5) is 16.2 Å². The monoisotopic (exact) mass is 1240 g/mol. The predicted molar refractivity (Wildman–Crippen MR) is 333 cm³/mol. The topological polar surface area (TPSA) is 245 Å². The fourth-order valence-electron chi connectivity index (χ4n) is 12.1. The Morgan fingerprint density at radius 1 is 0.719 bits per heavy atom. The SMILES string of the molecule is CC[C@]1(OC(=O)OCc2cc(/C=C/C3=[N+](CCCS(=O)(=O)[O-])c4ccccc4C3)cc(/C=C/C3=[N+](CCCS(=O)(=O)[O-])c4ccccc4C3)c2OCc2ccc(B3OC(C)(C)C(C)(C)O3)cc2)Cc2cc3n(c(=O)c2OC1=O)Cc1cc2ccccc2nc1-3. The van der Waals surface area contributed by atoms with Crippen LogP contribution < -0.4 is 20.5 Å². The highest BCUT2D eigenvalue weighted by atomic mass is 32.2. The third-order valence-electron chi connectivity index (χ3n) is 17.5. The second kappa shape index (κ2) is 23.9. The lowest BCUT2D eigenvalue weighted by atomic mass is 9.79. The number of allylic oxidation sites excluding steroid dienone is 2. The van der Waals surface area contributed by atoms with Gasteiger partial charge in [-0.2, -0.15) is 9.15 Å². The highest BCUT2D eigenvalue weighted by molar-refractivity contribution is 7.85. The predicted octanol–water partition coefficient (Wildman–Crippen LogP) is 8.85. The van der Waals surface area contributed by atoms with E-state index in [0.717, 1.165) is 61.4 Å². The van der Waals surface area contributed by atoms with Gasteiger partial charge in [-0.1, -0.05) is 85.8 Å². The smallest absolute Gasteiger partial charge is 0.509 e. The maximum atomic E-state index is 14.4. The Bertz CT molecular complexity index is 4460. The van der Waals surface area contributed by atoms with E-state index >= 15 is 0 Å². The second-order valence-electron chi connectivity index (χ2n) is 24.0. The lowest BCUT2D eigenvalue weighted by Gasteiger charge is -2.33. The summed E-state index contributed by atoms with van der Waals surface area (Å²) in [6, 6.07) is 38.2. The highest BCUT2D eigenvalue weighted by Crippen LogP contribution is 2.41. The summed E-state index contributed by atoms with van der Waals surface area (Å²) in [4.78, 5) is 47.5. The third kappa shape index (κ3) is 12.7. The van der Waals surface area contributed by atoms with Gasteiger partial charge >= 0.3 is 19.2 Å². The Balaban J connectivity index is 0.904. The molecule has 12 rings (SSSR count). The van der Waals surface area contributed by atoms with Crippen molar-refractivity contribution < 1.29 is 72.9 Å². The van der Waals surface area contributed by atoms with Gasteiger partial charge < -0.3 is 37.4 Å². The van der Waals surface area contributed by atoms with Crippen LogP contribution in [-0.4, -0.2) is 117 Å². The molecule has 5 aliphatic rings. The summed E-state index contributed by atoms with van der Waals surface area (Å²) in [5, 5.41) is 0.917. The lowest BCUT2D eigenvalue weighted by Crippen LogP contribution is -2.51. The Morgan fingerprint density at radius 2 is 1.33 bits per heavy atom. The molecule has 0 spiro atoms. The van der Waals surface area contributed by atoms with Gasteiger partial charge in [-0.05, 0) is 93.2 Å². The molecular weight excluding hydrogens is 1180 g/mol. The molecule has 0 saturated carbocycles. The standard InChI is InChI=1S/C67H65BN4O15S2/c1-6-67(39-49-38-58-59-50(35-45-15-7-10-18-55(45)69-59)40-72(58)62(73)61(49)84-63(67)74)85-64(75)83-42-51-34-44(23-27-53-36-46-16-8-11-19-56(46)70(53)29-13-31-88(76,77)78)33-48(24-28-54-37-47-17-9-12-20-57(47)71(54)30-14-32-89(79,80)81)60(51)82-41-43-21-25-52(26-22-43)68-86-65(2,3)66(4,5)87-68/h7-12,15-28,33-35,38H,6,13-14,29-32,36-37,39-42H2,1-5H3/b27-23+,28-24+/t67-/m0/s1. The Kier molecular flexibility index (Phi) is 16.3. The van der Waals surface area contributed by atoms with Crippen molar-refractivity contribution >= 4 is 90.8 Å². The van der Waals surface area contributed by atoms with Crippen molar-refractivity contribution in [3.05, 3.63) is 188 Å². The summed E-state index contributed by atoms with van der Waals surface area (Å²) in [5.74, 6) is -1.84. The number of para-hydroxylation sites is 3. The summed E-state index contributed by atoms with van der Waals surface area (Å²) >= 11 is 0. The van der Waals surface area contributed by atoms with Crippen molar-refractivity contribution in [2.24, 2.45) is 0 Å². The van der Waals surface area contributed by atoms with Gasteiger partial charge in [0.05, 0.1) is 67.7 Å². The summed E-state index contributed by atoms with van der Waals surface area (Å²) in [5.41, 5.74) is 8.14. The van der Waals surface area contributed by atoms with Crippen LogP contribution in [0.2, 0.25) is 0 Å². The molecule has 7 aromatic rings. The van der Waals surface area contributed by atoms with Gasteiger partial charge in [0, 0.05) is 93.8 Å². The quantitative estimate of drug-likeness (QED) is 0.0299. The molecule has 1 saturated heterocycles. The van der Waals surface area contributed by atoms with Gasteiger partial charge in [-0.3, -0.25) is 9.36 Å². The molecule has 0 radical (unpaired) electrons. The van der Waals surface area contributed by atoms with Gasteiger partial charge in [0.1, 0.15) is 32.1 Å². The van der Waals surface area contributed by atoms with Crippen LogP contribution in [0.1, 0.15) is 98.4 Å². The number of esters is 1. The maximum absolute atomic E-state index is 14.4. The zero-order valence-corrected chi connectivity index (χ0v) is 51.5. The van der Waals surface area contributed by atoms with E-state index in [1.165, 1.54) is 4.57 Å². The molecule has 7 heterocycles. The molecule has 5 aromatic carbocycles. The Labute approximate surface area is 516 Å². The number of ether oxygens (including phenoxy) is 4. The van der Waals surface area contributed by atoms with Crippen LogP contribution in [-0.2, 0) is 82.8 Å². The van der Waals surface area contributed by atoms with E-state index in [0.29, 0.717) is 52.2 Å². The number of rotatable bonds is 20. The van der Waals surface area contributed by atoms with Crippen LogP contribution >= 0.6 is 0 Å². The summed E-state index contributed by atoms with van der Waals surface area (Å²) in [6.45, 7) is 9.95. The molecule has 2 aromatic heterocycles. The molecule has 0 amide bonds. The molecule has 458 valence electrons. The molecule has 1 atom stereocenters. The largest absolute Gasteiger partial charge is 0.748 e. The first-order valence-electron chi connectivity index (χ1n) is 29.6. The van der Waals surface area contributed by atoms with E-state index in [2.05, 4.69) is 0 Å². The molecule has 0 unspecified atom stereocenters. The van der Waals surface area contributed by atoms with Crippen molar-refractivity contribution in [1.29, 1.82) is 0 Å². The van der Waals surface area contributed by atoms with Gasteiger partial charge in [0.25, 0.3) is 5.56 Å². The van der Waals surface area contributed by atoms with Crippen LogP contribution in [0.5, 0.6) is 11.5 Å². The van der Waals surface area contributed by atoms with E-state index in [9.17, 15) is 40.3 Å². The molecule has 0 N–H and O–H groups in total. The van der Waals surface area contributed by atoms with Crippen molar-refractivity contribution in [3.63, 3.8) is 0 Å². The minimum Gasteiger partial charge on any atom is -0.748 e. The van der Waals surface area contributed by atoms with E-state index in [-0.39, 0.29) is 57.7 Å². The van der Waals surface area contributed by atoms with Crippen LogP contribution in [0.3, 0.4) is 0 Å². The molecule has 5 aliphatic heterocycles. The Hall–Kier alpha value is -8.38. The van der Waals surface area contributed by atoms with Gasteiger partial charge in [0.15, 0.2) is 17.2 Å². The number of aromatic nitrogens is 2. The van der Waals surface area contributed by atoms with Gasteiger partial charge in [-0.25, -0.2) is 31.4 Å². The zero-order valence-electron chi connectivity index (χ0n) is 49.9. The summed E-state index contributed by atoms with van der Waals surface area (Å²) < 4.78 is 113. The van der Waals surface area contributed by atoms with Gasteiger partial charge in [-0.15, -0.1) is 0 Å². The lowest BCUT2D eigenvalue weighted by molar-refractivity contribution is -0.436. The Morgan fingerprint density at radius 3 is 1.96 bits per heavy atom. The fourth-order valence-corrected chi connectivity index (χ4v) is 13.1. The zero-order chi connectivity index (χ0) is 62.6. The molecule has 22 heteroatoms. The first-order chi connectivity index (χ1) is 42.4. The van der Waals surface area contributed by atoms with Crippen LogP contribution in [0.15, 0.2) is 138 Å². The number of hydrogen-bond donors (Lipinski definition) is 0. The maximum Gasteiger partial charge on any atom is 0.509 e. The number of carbonyl (C=O) groups excluding carboxylic acids is 2. The number of benzene rings is 5. The minimum absolute atomic E-state index is 0.0310. The molecule has 0 aliphatic carbocycles. The van der Waals surface area contributed by atoms with E-state index in [1.54, 1.807) is 19.1 Å².